The maximum absolute atomic E-state index is 12.8. The zero-order valence-corrected chi connectivity index (χ0v) is 26.0. The number of benzene rings is 4. The lowest BCUT2D eigenvalue weighted by Crippen LogP contribution is -2.57. The first-order chi connectivity index (χ1) is 20.3. The quantitative estimate of drug-likeness (QED) is 0.135. The van der Waals surface area contributed by atoms with Crippen molar-refractivity contribution in [1.29, 1.82) is 0 Å². The number of carbonyl (C=O) groups is 2. The van der Waals surface area contributed by atoms with Crippen LogP contribution in [0.3, 0.4) is 0 Å². The largest absolute Gasteiger partial charge is 0.449 e. The fourth-order valence-electron chi connectivity index (χ4n) is 4.67. The van der Waals surface area contributed by atoms with Crippen molar-refractivity contribution in [2.24, 2.45) is 0 Å². The predicted octanol–water partition coefficient (Wildman–Crippen LogP) is 5.55. The van der Waals surface area contributed by atoms with Gasteiger partial charge in [0.2, 0.25) is 16.6 Å². The third-order valence-electron chi connectivity index (χ3n) is 6.89. The van der Waals surface area contributed by atoms with Crippen molar-refractivity contribution in [3.8, 4) is 0 Å². The summed E-state index contributed by atoms with van der Waals surface area (Å²) in [5.74, 6) is -0.913. The summed E-state index contributed by atoms with van der Waals surface area (Å²) in [7, 11) is -4.92. The number of hydrogen-bond donors (Lipinski definition) is 2. The maximum Gasteiger partial charge on any atom is 0.292 e. The van der Waals surface area contributed by atoms with Crippen LogP contribution in [0.2, 0.25) is 26.2 Å². The second-order valence-corrected chi connectivity index (χ2v) is 18.7. The van der Waals surface area contributed by atoms with Crippen LogP contribution in [0.5, 0.6) is 0 Å². The fraction of sp³-hybridized carbons (Fsp3) is 0.133. The number of nitrogens with zero attached hydrogens (tertiary/aromatic N) is 2. The maximum atomic E-state index is 12.8. The van der Waals surface area contributed by atoms with Crippen LogP contribution >= 0.6 is 0 Å². The molecule has 43 heavy (non-hydrogen) atoms. The molecule has 2 amide bonds. The first-order valence-corrected chi connectivity index (χ1v) is 19.1. The van der Waals surface area contributed by atoms with Crippen LogP contribution in [0.25, 0.3) is 0 Å². The highest BCUT2D eigenvalue weighted by atomic mass is 28.4. The number of carbonyl (C=O) groups excluding carboxylic acids is 2. The summed E-state index contributed by atoms with van der Waals surface area (Å²) in [4.78, 5) is 47.0. The van der Waals surface area contributed by atoms with Crippen LogP contribution in [0.1, 0.15) is 20.7 Å². The number of hydrogen-bond acceptors (Lipinski definition) is 7. The van der Waals surface area contributed by atoms with Crippen LogP contribution in [0.15, 0.2) is 97.1 Å². The zero-order chi connectivity index (χ0) is 31.4. The smallest absolute Gasteiger partial charge is 0.292 e. The molecule has 0 spiro atoms. The van der Waals surface area contributed by atoms with Gasteiger partial charge < -0.3 is 14.7 Å². The molecule has 0 radical (unpaired) electrons. The van der Waals surface area contributed by atoms with Crippen LogP contribution in [-0.4, -0.2) is 38.3 Å². The van der Waals surface area contributed by atoms with Crippen molar-refractivity contribution in [2.75, 3.05) is 10.6 Å². The van der Waals surface area contributed by atoms with E-state index in [1.807, 2.05) is 24.3 Å². The van der Waals surface area contributed by atoms with Gasteiger partial charge in [-0.3, -0.25) is 29.8 Å². The molecule has 4 aromatic carbocycles. The van der Waals surface area contributed by atoms with Crippen molar-refractivity contribution >= 4 is 61.6 Å². The summed E-state index contributed by atoms with van der Waals surface area (Å²) >= 11 is 0. The molecule has 0 atom stereocenters. The van der Waals surface area contributed by atoms with E-state index in [1.165, 1.54) is 36.4 Å². The zero-order valence-electron chi connectivity index (χ0n) is 24.0. The van der Waals surface area contributed by atoms with Gasteiger partial charge in [-0.1, -0.05) is 48.5 Å². The van der Waals surface area contributed by atoms with Crippen LogP contribution in [0, 0.1) is 20.2 Å². The molecule has 13 heteroatoms. The van der Waals surface area contributed by atoms with Gasteiger partial charge in [0.25, 0.3) is 23.2 Å². The van der Waals surface area contributed by atoms with E-state index in [2.05, 4.69) is 36.8 Å². The topological polar surface area (TPSA) is 154 Å². The average molecular weight is 615 g/mol. The van der Waals surface area contributed by atoms with Gasteiger partial charge in [0, 0.05) is 23.3 Å². The molecule has 0 bridgehead atoms. The molecule has 2 N–H and O–H groups in total. The lowest BCUT2D eigenvalue weighted by atomic mass is 10.2. The minimum Gasteiger partial charge on any atom is -0.449 e. The monoisotopic (exact) mass is 614 g/mol. The molecule has 0 saturated heterocycles. The Morgan fingerprint density at radius 1 is 0.581 bits per heavy atom. The van der Waals surface area contributed by atoms with E-state index >= 15 is 0 Å². The number of nitro groups is 2. The molecule has 0 unspecified atom stereocenters. The van der Waals surface area contributed by atoms with Gasteiger partial charge in [0.15, 0.2) is 0 Å². The lowest BCUT2D eigenvalue weighted by Gasteiger charge is -2.34. The second kappa shape index (κ2) is 12.5. The molecule has 0 fully saturated rings. The van der Waals surface area contributed by atoms with Crippen LogP contribution < -0.4 is 21.0 Å². The van der Waals surface area contributed by atoms with E-state index in [-0.39, 0.29) is 22.7 Å². The summed E-state index contributed by atoms with van der Waals surface area (Å²) in [6.07, 6.45) is 0. The second-order valence-electron chi connectivity index (χ2n) is 10.7. The van der Waals surface area contributed by atoms with Crippen molar-refractivity contribution in [2.45, 2.75) is 26.2 Å². The molecular formula is C30H30N4O7Si2. The molecule has 0 aliphatic heterocycles. The van der Waals surface area contributed by atoms with Gasteiger partial charge in [-0.25, -0.2) is 0 Å². The highest BCUT2D eigenvalue weighted by molar-refractivity contribution is 6.96. The van der Waals surface area contributed by atoms with Crippen molar-refractivity contribution in [3.63, 3.8) is 0 Å². The number of amides is 2. The van der Waals surface area contributed by atoms with E-state index in [9.17, 15) is 29.8 Å². The fourth-order valence-corrected chi connectivity index (χ4v) is 12.7. The third-order valence-corrected chi connectivity index (χ3v) is 14.4. The van der Waals surface area contributed by atoms with Gasteiger partial charge in [-0.15, -0.1) is 0 Å². The Labute approximate surface area is 250 Å². The van der Waals surface area contributed by atoms with Crippen LogP contribution in [-0.2, 0) is 4.12 Å². The van der Waals surface area contributed by atoms with E-state index in [0.717, 1.165) is 10.4 Å². The Bertz CT molecular complexity index is 1570. The van der Waals surface area contributed by atoms with E-state index in [0.29, 0.717) is 11.1 Å². The molecular weight excluding hydrogens is 585 g/mol. The van der Waals surface area contributed by atoms with E-state index < -0.39 is 38.3 Å². The van der Waals surface area contributed by atoms with E-state index in [4.69, 9.17) is 4.12 Å². The highest BCUT2D eigenvalue weighted by Gasteiger charge is 2.36. The van der Waals surface area contributed by atoms with Crippen molar-refractivity contribution in [1.82, 2.24) is 0 Å². The number of anilines is 2. The normalized spacial score (nSPS) is 11.4. The molecule has 0 aliphatic rings. The Balaban J connectivity index is 1.44. The molecule has 0 aliphatic carbocycles. The molecule has 4 aromatic rings. The highest BCUT2D eigenvalue weighted by Crippen LogP contribution is 2.25. The summed E-state index contributed by atoms with van der Waals surface area (Å²) in [5.41, 5.74) is 0.594. The van der Waals surface area contributed by atoms with Gasteiger partial charge >= 0.3 is 0 Å². The first-order valence-electron chi connectivity index (χ1n) is 13.3. The molecule has 0 saturated carbocycles. The summed E-state index contributed by atoms with van der Waals surface area (Å²) in [5, 5.41) is 29.7. The molecule has 220 valence electrons. The standard InChI is InChI=1S/C30H30N4O7Si2/c1-42(2,23-17-13-21(14-18-23)29(35)31-25-9-5-7-11-27(25)33(37)38)41-43(3,4)24-19-15-22(16-20-24)30(36)32-26-10-6-8-12-28(26)34(39)40/h5-20H,1-4H3,(H,31,35)(H,32,36). The summed E-state index contributed by atoms with van der Waals surface area (Å²) in [6, 6.07) is 26.0. The van der Waals surface area contributed by atoms with E-state index in [1.54, 1.807) is 36.4 Å². The third kappa shape index (κ3) is 7.27. The Kier molecular flexibility index (Phi) is 8.99. The minimum absolute atomic E-state index is 0.122. The average Bonchev–Trinajstić information content (AvgIpc) is 2.97. The van der Waals surface area contributed by atoms with Gasteiger partial charge in [0.05, 0.1) is 9.85 Å². The molecule has 11 nitrogen and oxygen atoms in total. The predicted molar refractivity (Wildman–Crippen MR) is 170 cm³/mol. The number of nitro benzene ring substituents is 2. The Morgan fingerprint density at radius 3 is 1.23 bits per heavy atom. The Morgan fingerprint density at radius 2 is 0.907 bits per heavy atom. The molecule has 0 aromatic heterocycles. The molecule has 0 heterocycles. The van der Waals surface area contributed by atoms with Gasteiger partial charge in [0.1, 0.15) is 11.4 Å². The number of para-hydroxylation sites is 4. The van der Waals surface area contributed by atoms with Gasteiger partial charge in [-0.2, -0.15) is 0 Å². The molecule has 4 rings (SSSR count). The summed E-state index contributed by atoms with van der Waals surface area (Å²) < 4.78 is 6.80. The van der Waals surface area contributed by atoms with Gasteiger partial charge in [-0.05, 0) is 73.0 Å². The number of rotatable bonds is 10. The van der Waals surface area contributed by atoms with Crippen molar-refractivity contribution in [3.05, 3.63) is 128 Å². The summed E-state index contributed by atoms with van der Waals surface area (Å²) in [6.45, 7) is 8.27. The van der Waals surface area contributed by atoms with Crippen LogP contribution in [0.4, 0.5) is 22.7 Å². The number of nitrogens with one attached hydrogen (secondary N) is 2. The Hall–Kier alpha value is -4.99. The minimum atomic E-state index is -2.46. The van der Waals surface area contributed by atoms with Crippen molar-refractivity contribution < 1.29 is 23.6 Å². The first kappa shape index (κ1) is 31.0. The SMILES string of the molecule is C[Si](C)(O[Si](C)(C)c1ccc(C(=O)Nc2ccccc2[N+](=O)[O-])cc1)c1ccc(C(=O)Nc2ccccc2[N+](=O)[O-])cc1. The lowest BCUT2D eigenvalue weighted by molar-refractivity contribution is -0.384.